The monoisotopic (exact) mass is 296 g/mol. The van der Waals surface area contributed by atoms with Crippen LogP contribution >= 0.6 is 33.9 Å². The van der Waals surface area contributed by atoms with E-state index in [1.165, 1.54) is 7.76 Å². The van der Waals surface area contributed by atoms with Crippen LogP contribution in [-0.2, 0) is 5.41 Å². The normalized spacial score (nSPS) is 11.8. The lowest BCUT2D eigenvalue weighted by molar-refractivity contribution is 0.402. The van der Waals surface area contributed by atoms with Gasteiger partial charge < -0.3 is 4.74 Å². The van der Waals surface area contributed by atoms with Crippen molar-refractivity contribution in [2.24, 2.45) is 0 Å². The van der Waals surface area contributed by atoms with Crippen molar-refractivity contribution in [3.63, 3.8) is 0 Å². The molecule has 1 rings (SSSR count). The molecule has 0 aliphatic carbocycles. The maximum absolute atomic E-state index is 5.30. The van der Waals surface area contributed by atoms with Gasteiger partial charge in [0.15, 0.2) is 0 Å². The second-order valence-electron chi connectivity index (χ2n) is 3.70. The molecule has 0 bridgehead atoms. The lowest BCUT2D eigenvalue weighted by Gasteiger charge is -2.17. The van der Waals surface area contributed by atoms with Crippen molar-refractivity contribution in [1.82, 2.24) is 0 Å². The molecule has 0 fully saturated rings. The molecule has 0 saturated carbocycles. The Morgan fingerprint density at radius 3 is 2.33 bits per heavy atom. The van der Waals surface area contributed by atoms with Crippen LogP contribution in [0.4, 0.5) is 0 Å². The number of methoxy groups -OCH3 is 1. The van der Waals surface area contributed by atoms with E-state index in [9.17, 15) is 0 Å². The number of thiophene rings is 1. The van der Waals surface area contributed by atoms with Gasteiger partial charge in [0.2, 0.25) is 0 Å². The molecule has 12 heavy (non-hydrogen) atoms. The van der Waals surface area contributed by atoms with Gasteiger partial charge in [-0.3, -0.25) is 0 Å². The minimum Gasteiger partial charge on any atom is -0.496 e. The summed E-state index contributed by atoms with van der Waals surface area (Å²) in [7, 11) is 1.73. The molecule has 68 valence electrons. The molecule has 0 saturated heterocycles. The Hall–Kier alpha value is 0.230. The van der Waals surface area contributed by atoms with Crippen molar-refractivity contribution in [2.45, 2.75) is 26.2 Å². The molecule has 0 aliphatic heterocycles. The zero-order chi connectivity index (χ0) is 9.35. The quantitative estimate of drug-likeness (QED) is 0.719. The van der Waals surface area contributed by atoms with E-state index in [-0.39, 0.29) is 5.41 Å². The molecule has 0 unspecified atom stereocenters. The summed E-state index contributed by atoms with van der Waals surface area (Å²) in [6.07, 6.45) is 0. The summed E-state index contributed by atoms with van der Waals surface area (Å²) in [6.45, 7) is 6.62. The standard InChI is InChI=1S/C9H13IOS/c1-9(2,3)8-6(11-4)5-7(10)12-8/h5H,1-4H3. The van der Waals surface area contributed by atoms with Crippen LogP contribution in [0.15, 0.2) is 6.07 Å². The Balaban J connectivity index is 3.13. The first kappa shape index (κ1) is 10.3. The van der Waals surface area contributed by atoms with Crippen molar-refractivity contribution in [2.75, 3.05) is 7.11 Å². The van der Waals surface area contributed by atoms with Crippen LogP contribution in [0.1, 0.15) is 25.6 Å². The van der Waals surface area contributed by atoms with Crippen LogP contribution in [0, 0.1) is 2.88 Å². The molecule has 3 heteroatoms. The van der Waals surface area contributed by atoms with Crippen molar-refractivity contribution < 1.29 is 4.74 Å². The highest BCUT2D eigenvalue weighted by molar-refractivity contribution is 14.1. The Morgan fingerprint density at radius 1 is 1.42 bits per heavy atom. The Morgan fingerprint density at radius 2 is 2.00 bits per heavy atom. The van der Waals surface area contributed by atoms with E-state index in [2.05, 4.69) is 49.4 Å². The smallest absolute Gasteiger partial charge is 0.134 e. The van der Waals surface area contributed by atoms with Crippen LogP contribution in [0.2, 0.25) is 0 Å². The third-order valence-electron chi connectivity index (χ3n) is 1.57. The number of hydrogen-bond acceptors (Lipinski definition) is 2. The summed E-state index contributed by atoms with van der Waals surface area (Å²) in [4.78, 5) is 1.33. The second kappa shape index (κ2) is 3.54. The topological polar surface area (TPSA) is 9.23 Å². The van der Waals surface area contributed by atoms with Crippen molar-refractivity contribution in [3.8, 4) is 5.75 Å². The van der Waals surface area contributed by atoms with Gasteiger partial charge >= 0.3 is 0 Å². The van der Waals surface area contributed by atoms with Crippen LogP contribution in [0.25, 0.3) is 0 Å². The first-order chi connectivity index (χ1) is 5.45. The van der Waals surface area contributed by atoms with E-state index in [1.54, 1.807) is 7.11 Å². The van der Waals surface area contributed by atoms with E-state index < -0.39 is 0 Å². The molecule has 0 aliphatic rings. The average molecular weight is 296 g/mol. The van der Waals surface area contributed by atoms with Gasteiger partial charge in [-0.25, -0.2) is 0 Å². The molecule has 0 atom stereocenters. The molecule has 0 amide bonds. The molecule has 1 aromatic heterocycles. The fourth-order valence-electron chi connectivity index (χ4n) is 1.02. The van der Waals surface area contributed by atoms with Gasteiger partial charge in [0.25, 0.3) is 0 Å². The zero-order valence-electron chi connectivity index (χ0n) is 7.77. The van der Waals surface area contributed by atoms with Crippen LogP contribution in [0.5, 0.6) is 5.75 Å². The van der Waals surface area contributed by atoms with Crippen molar-refractivity contribution in [1.29, 1.82) is 0 Å². The lowest BCUT2D eigenvalue weighted by Crippen LogP contribution is -2.09. The SMILES string of the molecule is COc1cc(I)sc1C(C)(C)C. The minimum atomic E-state index is 0.194. The summed E-state index contributed by atoms with van der Waals surface area (Å²) in [6, 6.07) is 2.09. The van der Waals surface area contributed by atoms with E-state index in [1.807, 2.05) is 11.3 Å². The minimum absolute atomic E-state index is 0.194. The molecule has 1 nitrogen and oxygen atoms in total. The maximum atomic E-state index is 5.30. The van der Waals surface area contributed by atoms with E-state index in [0.717, 1.165) is 5.75 Å². The molecular formula is C9H13IOS. The van der Waals surface area contributed by atoms with Crippen molar-refractivity contribution in [3.05, 3.63) is 13.8 Å². The highest BCUT2D eigenvalue weighted by Crippen LogP contribution is 2.38. The molecule has 0 radical (unpaired) electrons. The third-order valence-corrected chi connectivity index (χ3v) is 3.87. The number of rotatable bonds is 1. The van der Waals surface area contributed by atoms with Crippen LogP contribution in [-0.4, -0.2) is 7.11 Å². The first-order valence-electron chi connectivity index (χ1n) is 3.79. The van der Waals surface area contributed by atoms with E-state index in [0.29, 0.717) is 0 Å². The fourth-order valence-corrected chi connectivity index (χ4v) is 2.87. The maximum Gasteiger partial charge on any atom is 0.134 e. The Kier molecular flexibility index (Phi) is 3.04. The van der Waals surface area contributed by atoms with Crippen molar-refractivity contribution >= 4 is 33.9 Å². The Labute approximate surface area is 91.3 Å². The molecule has 1 aromatic rings. The van der Waals surface area contributed by atoms with Gasteiger partial charge in [-0.15, -0.1) is 11.3 Å². The van der Waals surface area contributed by atoms with Gasteiger partial charge in [-0.05, 0) is 28.0 Å². The summed E-state index contributed by atoms with van der Waals surface area (Å²) in [5.74, 6) is 1.02. The fraction of sp³-hybridized carbons (Fsp3) is 0.556. The van der Waals surface area contributed by atoms with E-state index >= 15 is 0 Å². The van der Waals surface area contributed by atoms with E-state index in [4.69, 9.17) is 4.74 Å². The van der Waals surface area contributed by atoms with Gasteiger partial charge in [-0.1, -0.05) is 20.8 Å². The molecule has 1 heterocycles. The predicted octanol–water partition coefficient (Wildman–Crippen LogP) is 3.66. The Bertz CT molecular complexity index is 273. The lowest BCUT2D eigenvalue weighted by atomic mass is 9.94. The zero-order valence-corrected chi connectivity index (χ0v) is 10.7. The predicted molar refractivity (Wildman–Crippen MR) is 62.3 cm³/mol. The molecule has 0 spiro atoms. The number of halogens is 1. The van der Waals surface area contributed by atoms with Gasteiger partial charge in [0.05, 0.1) is 14.9 Å². The van der Waals surface area contributed by atoms with Gasteiger partial charge in [-0.2, -0.15) is 0 Å². The molecule has 0 N–H and O–H groups in total. The summed E-state index contributed by atoms with van der Waals surface area (Å²) < 4.78 is 6.58. The first-order valence-corrected chi connectivity index (χ1v) is 5.68. The van der Waals surface area contributed by atoms with Crippen LogP contribution in [0.3, 0.4) is 0 Å². The summed E-state index contributed by atoms with van der Waals surface area (Å²) in [5.41, 5.74) is 0.194. The number of ether oxygens (including phenoxy) is 1. The number of hydrogen-bond donors (Lipinski definition) is 0. The van der Waals surface area contributed by atoms with Gasteiger partial charge in [0, 0.05) is 6.07 Å². The highest BCUT2D eigenvalue weighted by Gasteiger charge is 2.21. The highest BCUT2D eigenvalue weighted by atomic mass is 127. The largest absolute Gasteiger partial charge is 0.496 e. The second-order valence-corrected chi connectivity index (χ2v) is 6.64. The third kappa shape index (κ3) is 2.13. The average Bonchev–Trinajstić information content (AvgIpc) is 2.29. The molecule has 0 aromatic carbocycles. The summed E-state index contributed by atoms with van der Waals surface area (Å²) in [5, 5.41) is 0. The van der Waals surface area contributed by atoms with Gasteiger partial charge in [0.1, 0.15) is 5.75 Å². The summed E-state index contributed by atoms with van der Waals surface area (Å²) >= 11 is 4.14. The van der Waals surface area contributed by atoms with Crippen LogP contribution < -0.4 is 4.74 Å². The molecular weight excluding hydrogens is 283 g/mol.